The molecular formula is C20H21N3O4S. The van der Waals surface area contributed by atoms with Gasteiger partial charge in [0.05, 0.1) is 17.3 Å². The van der Waals surface area contributed by atoms with Gasteiger partial charge in [-0.25, -0.2) is 0 Å². The first-order valence-electron chi connectivity index (χ1n) is 8.79. The summed E-state index contributed by atoms with van der Waals surface area (Å²) in [7, 11) is 3.16. The van der Waals surface area contributed by atoms with Crippen molar-refractivity contribution in [3.63, 3.8) is 0 Å². The van der Waals surface area contributed by atoms with Crippen LogP contribution in [-0.2, 0) is 0 Å². The number of anilines is 3. The molecule has 0 radical (unpaired) electrons. The molecule has 0 saturated carbocycles. The maximum absolute atomic E-state index is 12.2. The van der Waals surface area contributed by atoms with E-state index in [-0.39, 0.29) is 40.3 Å². The van der Waals surface area contributed by atoms with Gasteiger partial charge < -0.3 is 20.6 Å². The van der Waals surface area contributed by atoms with Crippen LogP contribution in [-0.4, -0.2) is 30.0 Å². The highest BCUT2D eigenvalue weighted by Crippen LogP contribution is 2.33. The summed E-state index contributed by atoms with van der Waals surface area (Å²) >= 11 is 1.57. The van der Waals surface area contributed by atoms with Gasteiger partial charge in [0.25, 0.3) is 16.8 Å². The minimum Gasteiger partial charge on any atom is -0.505 e. The molecule has 0 spiro atoms. The first-order valence-corrected chi connectivity index (χ1v) is 9.67. The normalized spacial score (nSPS) is 12.0. The third kappa shape index (κ3) is 3.50. The molecule has 3 N–H and O–H groups in total. The number of nitrogens with zero attached hydrogens (tertiary/aromatic N) is 1. The lowest BCUT2D eigenvalue weighted by Crippen LogP contribution is -2.37. The van der Waals surface area contributed by atoms with Crippen LogP contribution in [0.25, 0.3) is 0 Å². The quantitative estimate of drug-likeness (QED) is 0.417. The number of carbonyl (C=O) groups excluding carboxylic acids is 1. The SMILES string of the molecule is CCC(Nc1c(Nc2cccc(C(=O)N(C)C)c2O)c(=O)c1=O)c1cccs1. The summed E-state index contributed by atoms with van der Waals surface area (Å²) in [5.74, 6) is -0.640. The highest BCUT2D eigenvalue weighted by molar-refractivity contribution is 7.10. The molecule has 1 unspecified atom stereocenters. The Kier molecular flexibility index (Phi) is 5.51. The molecule has 3 aromatic rings. The average molecular weight is 399 g/mol. The topological polar surface area (TPSA) is 98.7 Å². The van der Waals surface area contributed by atoms with Crippen molar-refractivity contribution in [1.29, 1.82) is 0 Å². The van der Waals surface area contributed by atoms with E-state index in [1.54, 1.807) is 37.6 Å². The number of hydrogen-bond donors (Lipinski definition) is 3. The number of amides is 1. The van der Waals surface area contributed by atoms with Crippen LogP contribution in [0, 0.1) is 0 Å². The predicted molar refractivity (Wildman–Crippen MR) is 112 cm³/mol. The van der Waals surface area contributed by atoms with E-state index in [2.05, 4.69) is 10.6 Å². The van der Waals surface area contributed by atoms with Crippen molar-refractivity contribution in [3.05, 3.63) is 66.6 Å². The molecule has 0 aliphatic rings. The number of thiophene rings is 1. The zero-order chi connectivity index (χ0) is 20.4. The minimum atomic E-state index is -0.660. The summed E-state index contributed by atoms with van der Waals surface area (Å²) in [4.78, 5) is 38.8. The van der Waals surface area contributed by atoms with Gasteiger partial charge in [-0.2, -0.15) is 0 Å². The first-order chi connectivity index (χ1) is 13.3. The van der Waals surface area contributed by atoms with Crippen molar-refractivity contribution < 1.29 is 9.90 Å². The highest BCUT2D eigenvalue weighted by Gasteiger charge is 2.25. The van der Waals surface area contributed by atoms with Crippen LogP contribution in [0.3, 0.4) is 0 Å². The van der Waals surface area contributed by atoms with Crippen LogP contribution in [0.2, 0.25) is 0 Å². The van der Waals surface area contributed by atoms with Gasteiger partial charge in [-0.3, -0.25) is 14.4 Å². The van der Waals surface area contributed by atoms with Gasteiger partial charge in [0.2, 0.25) is 0 Å². The van der Waals surface area contributed by atoms with Gasteiger partial charge in [-0.05, 0) is 30.0 Å². The van der Waals surface area contributed by atoms with Crippen molar-refractivity contribution in [2.45, 2.75) is 19.4 Å². The molecule has 0 saturated heterocycles. The number of nitrogens with one attached hydrogen (secondary N) is 2. The standard InChI is InChI=1S/C20H21N3O4S/c1-4-12(14-9-6-10-28-14)21-15-16(19(26)18(15)25)22-13-8-5-7-11(17(13)24)20(27)23(2)3/h5-10,12,21-22,24H,4H2,1-3H3. The van der Waals surface area contributed by atoms with Gasteiger partial charge in [0, 0.05) is 19.0 Å². The third-order valence-electron chi connectivity index (χ3n) is 4.46. The smallest absolute Gasteiger partial charge is 0.257 e. The van der Waals surface area contributed by atoms with E-state index in [4.69, 9.17) is 0 Å². The number of aromatic hydroxyl groups is 1. The molecule has 0 bridgehead atoms. The Bertz CT molecular complexity index is 1070. The second-order valence-electron chi connectivity index (χ2n) is 6.56. The Morgan fingerprint density at radius 3 is 2.46 bits per heavy atom. The van der Waals surface area contributed by atoms with E-state index in [0.717, 1.165) is 11.3 Å². The number of benzene rings is 1. The number of phenols is 1. The highest BCUT2D eigenvalue weighted by atomic mass is 32.1. The molecule has 2 aromatic carbocycles. The maximum atomic E-state index is 12.2. The van der Waals surface area contributed by atoms with E-state index < -0.39 is 10.9 Å². The van der Waals surface area contributed by atoms with E-state index in [9.17, 15) is 19.5 Å². The Morgan fingerprint density at radius 1 is 1.14 bits per heavy atom. The summed E-state index contributed by atoms with van der Waals surface area (Å²) in [5.41, 5.74) is -0.691. The van der Waals surface area contributed by atoms with Crippen LogP contribution in [0.1, 0.15) is 34.6 Å². The molecule has 7 nitrogen and oxygen atoms in total. The number of carbonyl (C=O) groups is 1. The predicted octanol–water partition coefficient (Wildman–Crippen LogP) is 3.06. The van der Waals surface area contributed by atoms with E-state index in [1.807, 2.05) is 24.4 Å². The zero-order valence-corrected chi connectivity index (χ0v) is 16.6. The van der Waals surface area contributed by atoms with Crippen LogP contribution in [0.5, 0.6) is 5.75 Å². The van der Waals surface area contributed by atoms with Crippen LogP contribution in [0.15, 0.2) is 45.3 Å². The Hall–Kier alpha value is -3.13. The van der Waals surface area contributed by atoms with Crippen molar-refractivity contribution in [2.75, 3.05) is 24.7 Å². The summed E-state index contributed by atoms with van der Waals surface area (Å²) in [6, 6.07) is 8.42. The van der Waals surface area contributed by atoms with Gasteiger partial charge in [0.1, 0.15) is 11.4 Å². The lowest BCUT2D eigenvalue weighted by molar-refractivity contribution is 0.0824. The first kappa shape index (κ1) is 19.6. The average Bonchev–Trinajstić information content (AvgIpc) is 3.22. The van der Waals surface area contributed by atoms with Crippen molar-refractivity contribution in [1.82, 2.24) is 4.90 Å². The zero-order valence-electron chi connectivity index (χ0n) is 15.8. The molecule has 146 valence electrons. The Labute approximate surface area is 165 Å². The lowest BCUT2D eigenvalue weighted by atomic mass is 10.1. The van der Waals surface area contributed by atoms with E-state index in [1.165, 1.54) is 11.0 Å². The fourth-order valence-electron chi connectivity index (χ4n) is 2.88. The Morgan fingerprint density at radius 2 is 1.86 bits per heavy atom. The van der Waals surface area contributed by atoms with Gasteiger partial charge in [0.15, 0.2) is 5.75 Å². The largest absolute Gasteiger partial charge is 0.505 e. The van der Waals surface area contributed by atoms with Crippen molar-refractivity contribution in [2.24, 2.45) is 0 Å². The second kappa shape index (κ2) is 7.85. The molecule has 1 heterocycles. The molecule has 8 heteroatoms. The molecule has 0 fully saturated rings. The molecule has 1 atom stereocenters. The molecule has 0 aliphatic carbocycles. The Balaban J connectivity index is 1.90. The van der Waals surface area contributed by atoms with Gasteiger partial charge in [-0.1, -0.05) is 19.1 Å². The number of para-hydroxylation sites is 1. The van der Waals surface area contributed by atoms with E-state index >= 15 is 0 Å². The number of hydrogen-bond acceptors (Lipinski definition) is 7. The van der Waals surface area contributed by atoms with Crippen LogP contribution in [0.4, 0.5) is 17.1 Å². The van der Waals surface area contributed by atoms with Gasteiger partial charge >= 0.3 is 0 Å². The molecule has 28 heavy (non-hydrogen) atoms. The number of phenolic OH excluding ortho intramolecular Hbond substituents is 1. The monoisotopic (exact) mass is 399 g/mol. The molecule has 0 aliphatic heterocycles. The van der Waals surface area contributed by atoms with Crippen molar-refractivity contribution >= 4 is 34.3 Å². The summed E-state index contributed by atoms with van der Waals surface area (Å²) < 4.78 is 0. The molecule has 1 amide bonds. The lowest BCUT2D eigenvalue weighted by Gasteiger charge is -2.21. The second-order valence-corrected chi connectivity index (χ2v) is 7.53. The fraction of sp³-hybridized carbons (Fsp3) is 0.250. The maximum Gasteiger partial charge on any atom is 0.257 e. The fourth-order valence-corrected chi connectivity index (χ4v) is 3.74. The van der Waals surface area contributed by atoms with Crippen LogP contribution >= 0.6 is 11.3 Å². The van der Waals surface area contributed by atoms with E-state index in [0.29, 0.717) is 0 Å². The third-order valence-corrected chi connectivity index (χ3v) is 5.44. The summed E-state index contributed by atoms with van der Waals surface area (Å²) in [6.07, 6.45) is 0.733. The molecular weight excluding hydrogens is 378 g/mol. The number of rotatable bonds is 7. The summed E-state index contributed by atoms with van der Waals surface area (Å²) in [6.45, 7) is 1.98. The molecule has 1 aromatic heterocycles. The molecule has 3 rings (SSSR count). The van der Waals surface area contributed by atoms with Crippen molar-refractivity contribution in [3.8, 4) is 5.75 Å². The summed E-state index contributed by atoms with van der Waals surface area (Å²) in [5, 5.41) is 18.3. The van der Waals surface area contributed by atoms with Crippen LogP contribution < -0.4 is 21.5 Å². The van der Waals surface area contributed by atoms with Gasteiger partial charge in [-0.15, -0.1) is 11.3 Å². The minimum absolute atomic E-state index is 0.0877.